The van der Waals surface area contributed by atoms with Gasteiger partial charge in [0.25, 0.3) is 0 Å². The van der Waals surface area contributed by atoms with E-state index in [1.54, 1.807) is 19.0 Å². The molecule has 0 fully saturated rings. The van der Waals surface area contributed by atoms with Gasteiger partial charge >= 0.3 is 0 Å². The molecule has 0 heterocycles. The van der Waals surface area contributed by atoms with Crippen LogP contribution in [0.3, 0.4) is 0 Å². The van der Waals surface area contributed by atoms with Crippen molar-refractivity contribution in [1.29, 1.82) is 5.26 Å². The average molecular weight is 245 g/mol. The van der Waals surface area contributed by atoms with Crippen LogP contribution in [0.2, 0.25) is 0 Å². The van der Waals surface area contributed by atoms with Crippen molar-refractivity contribution in [2.24, 2.45) is 0 Å². The van der Waals surface area contributed by atoms with Crippen LogP contribution < -0.4 is 5.32 Å². The summed E-state index contributed by atoms with van der Waals surface area (Å²) in [6, 6.07) is 7.92. The van der Waals surface area contributed by atoms with Gasteiger partial charge in [0.05, 0.1) is 11.3 Å². The van der Waals surface area contributed by atoms with E-state index in [4.69, 9.17) is 5.26 Å². The molecule has 0 saturated heterocycles. The van der Waals surface area contributed by atoms with Gasteiger partial charge in [-0.2, -0.15) is 5.26 Å². The molecule has 0 spiro atoms. The molecule has 0 aromatic heterocycles. The Balaban J connectivity index is 2.48. The van der Waals surface area contributed by atoms with Crippen LogP contribution in [0.5, 0.6) is 0 Å². The summed E-state index contributed by atoms with van der Waals surface area (Å²) >= 11 is 0. The van der Waals surface area contributed by atoms with Gasteiger partial charge < -0.3 is 10.2 Å². The second kappa shape index (κ2) is 6.65. The Hall–Kier alpha value is -2.02. The van der Waals surface area contributed by atoms with Crippen molar-refractivity contribution >= 4 is 11.6 Å². The molecule has 1 rings (SSSR count). The van der Waals surface area contributed by atoms with E-state index in [-0.39, 0.29) is 5.91 Å². The number of rotatable bonds is 5. The molecule has 18 heavy (non-hydrogen) atoms. The van der Waals surface area contributed by atoms with Crippen LogP contribution in [0.15, 0.2) is 18.2 Å². The summed E-state index contributed by atoms with van der Waals surface area (Å²) in [7, 11) is 3.51. The maximum Gasteiger partial charge on any atom is 0.222 e. The van der Waals surface area contributed by atoms with E-state index in [9.17, 15) is 4.79 Å². The van der Waals surface area contributed by atoms with Crippen molar-refractivity contribution in [2.45, 2.75) is 19.8 Å². The Morgan fingerprint density at radius 2 is 2.17 bits per heavy atom. The summed E-state index contributed by atoms with van der Waals surface area (Å²) < 4.78 is 0. The normalized spacial score (nSPS) is 9.67. The zero-order valence-electron chi connectivity index (χ0n) is 11.2. The molecule has 4 heteroatoms. The first-order chi connectivity index (χ1) is 8.56. The number of nitrogens with one attached hydrogen (secondary N) is 1. The van der Waals surface area contributed by atoms with E-state index in [1.807, 2.05) is 25.1 Å². The summed E-state index contributed by atoms with van der Waals surface area (Å²) in [5.41, 5.74) is 2.48. The number of benzene rings is 1. The zero-order valence-corrected chi connectivity index (χ0v) is 11.2. The standard InChI is InChI=1S/C14H19N3O/c1-11-6-4-7-13(12(11)10-15)16-9-5-8-14(18)17(2)3/h4,6-7,16H,5,8-9H2,1-3H3. The number of carbonyl (C=O) groups is 1. The SMILES string of the molecule is Cc1cccc(NCCCC(=O)N(C)C)c1C#N. The van der Waals surface area contributed by atoms with Gasteiger partial charge in [0.1, 0.15) is 6.07 Å². The lowest BCUT2D eigenvalue weighted by Gasteiger charge is -2.12. The second-order valence-corrected chi connectivity index (χ2v) is 4.43. The van der Waals surface area contributed by atoms with Crippen molar-refractivity contribution in [2.75, 3.05) is 26.0 Å². The van der Waals surface area contributed by atoms with Crippen LogP contribution >= 0.6 is 0 Å². The van der Waals surface area contributed by atoms with Gasteiger partial charge in [0, 0.05) is 27.1 Å². The van der Waals surface area contributed by atoms with Crippen molar-refractivity contribution in [3.05, 3.63) is 29.3 Å². The van der Waals surface area contributed by atoms with Crippen molar-refractivity contribution < 1.29 is 4.79 Å². The highest BCUT2D eigenvalue weighted by Gasteiger charge is 2.05. The van der Waals surface area contributed by atoms with Crippen LogP contribution in [0.4, 0.5) is 5.69 Å². The minimum Gasteiger partial charge on any atom is -0.384 e. The number of aryl methyl sites for hydroxylation is 1. The first-order valence-electron chi connectivity index (χ1n) is 6.00. The molecule has 1 aromatic rings. The highest BCUT2D eigenvalue weighted by molar-refractivity contribution is 5.75. The molecule has 1 N–H and O–H groups in total. The molecule has 0 bridgehead atoms. The average Bonchev–Trinajstić information content (AvgIpc) is 2.34. The lowest BCUT2D eigenvalue weighted by atomic mass is 10.1. The van der Waals surface area contributed by atoms with Crippen molar-refractivity contribution in [3.63, 3.8) is 0 Å². The van der Waals surface area contributed by atoms with Gasteiger partial charge in [-0.3, -0.25) is 4.79 Å². The van der Waals surface area contributed by atoms with E-state index in [0.29, 0.717) is 18.5 Å². The minimum absolute atomic E-state index is 0.126. The second-order valence-electron chi connectivity index (χ2n) is 4.43. The molecule has 4 nitrogen and oxygen atoms in total. The number of anilines is 1. The monoisotopic (exact) mass is 245 g/mol. The molecular weight excluding hydrogens is 226 g/mol. The third kappa shape index (κ3) is 3.77. The van der Waals surface area contributed by atoms with E-state index in [2.05, 4.69) is 11.4 Å². The summed E-state index contributed by atoms with van der Waals surface area (Å²) in [5.74, 6) is 0.126. The van der Waals surface area contributed by atoms with Crippen LogP contribution in [-0.4, -0.2) is 31.4 Å². The molecule has 0 unspecified atom stereocenters. The minimum atomic E-state index is 0.126. The molecule has 1 amide bonds. The number of nitriles is 1. The van der Waals surface area contributed by atoms with E-state index < -0.39 is 0 Å². The maximum atomic E-state index is 11.4. The Morgan fingerprint density at radius 3 is 2.78 bits per heavy atom. The third-order valence-corrected chi connectivity index (χ3v) is 2.77. The molecule has 0 radical (unpaired) electrons. The summed E-state index contributed by atoms with van der Waals surface area (Å²) in [6.07, 6.45) is 1.28. The first-order valence-corrected chi connectivity index (χ1v) is 6.00. The quantitative estimate of drug-likeness (QED) is 0.809. The van der Waals surface area contributed by atoms with Gasteiger partial charge in [0.2, 0.25) is 5.91 Å². The van der Waals surface area contributed by atoms with E-state index in [1.165, 1.54) is 0 Å². The Kier molecular flexibility index (Phi) is 5.19. The highest BCUT2D eigenvalue weighted by Crippen LogP contribution is 2.18. The van der Waals surface area contributed by atoms with Crippen LogP contribution in [0.25, 0.3) is 0 Å². The highest BCUT2D eigenvalue weighted by atomic mass is 16.2. The van der Waals surface area contributed by atoms with Gasteiger partial charge in [-0.1, -0.05) is 12.1 Å². The maximum absolute atomic E-state index is 11.4. The Bertz CT molecular complexity index is 461. The largest absolute Gasteiger partial charge is 0.384 e. The molecule has 0 aliphatic heterocycles. The van der Waals surface area contributed by atoms with Gasteiger partial charge in [-0.15, -0.1) is 0 Å². The Labute approximate surface area is 108 Å². The number of amides is 1. The van der Waals surface area contributed by atoms with Crippen LogP contribution in [-0.2, 0) is 4.79 Å². The predicted octanol–water partition coefficient (Wildman–Crippen LogP) is 2.15. The fourth-order valence-electron chi connectivity index (χ4n) is 1.65. The summed E-state index contributed by atoms with van der Waals surface area (Å²) in [5, 5.41) is 12.3. The number of carbonyl (C=O) groups excluding carboxylic acids is 1. The van der Waals surface area contributed by atoms with Crippen molar-refractivity contribution in [3.8, 4) is 6.07 Å². The smallest absolute Gasteiger partial charge is 0.222 e. The number of hydrogen-bond donors (Lipinski definition) is 1. The van der Waals surface area contributed by atoms with Gasteiger partial charge in [-0.25, -0.2) is 0 Å². The molecular formula is C14H19N3O. The zero-order chi connectivity index (χ0) is 13.5. The molecule has 96 valence electrons. The fraction of sp³-hybridized carbons (Fsp3) is 0.429. The van der Waals surface area contributed by atoms with Crippen LogP contribution in [0.1, 0.15) is 24.0 Å². The molecule has 0 aliphatic carbocycles. The van der Waals surface area contributed by atoms with Gasteiger partial charge in [-0.05, 0) is 25.0 Å². The predicted molar refractivity (Wildman–Crippen MR) is 72.3 cm³/mol. The Morgan fingerprint density at radius 1 is 1.44 bits per heavy atom. The van der Waals surface area contributed by atoms with Gasteiger partial charge in [0.15, 0.2) is 0 Å². The molecule has 0 atom stereocenters. The first kappa shape index (κ1) is 14.0. The third-order valence-electron chi connectivity index (χ3n) is 2.77. The molecule has 1 aromatic carbocycles. The van der Waals surface area contributed by atoms with E-state index >= 15 is 0 Å². The van der Waals surface area contributed by atoms with Crippen LogP contribution in [0, 0.1) is 18.3 Å². The fourth-order valence-corrected chi connectivity index (χ4v) is 1.65. The molecule has 0 saturated carbocycles. The van der Waals surface area contributed by atoms with E-state index in [0.717, 1.165) is 17.7 Å². The molecule has 0 aliphatic rings. The topological polar surface area (TPSA) is 56.1 Å². The summed E-state index contributed by atoms with van der Waals surface area (Å²) in [4.78, 5) is 13.0. The summed E-state index contributed by atoms with van der Waals surface area (Å²) in [6.45, 7) is 2.61. The number of nitrogens with zero attached hydrogens (tertiary/aromatic N) is 2. The number of hydrogen-bond acceptors (Lipinski definition) is 3. The lowest BCUT2D eigenvalue weighted by molar-refractivity contribution is -0.128. The lowest BCUT2D eigenvalue weighted by Crippen LogP contribution is -2.22. The van der Waals surface area contributed by atoms with Crippen molar-refractivity contribution in [1.82, 2.24) is 4.90 Å².